The average molecular weight is 300 g/mol. The summed E-state index contributed by atoms with van der Waals surface area (Å²) in [4.78, 5) is 4.18. The van der Waals surface area contributed by atoms with Crippen LogP contribution in [0.1, 0.15) is 12.6 Å². The lowest BCUT2D eigenvalue weighted by Crippen LogP contribution is -2.12. The second-order valence-electron chi connectivity index (χ2n) is 3.93. The molecular formula is C11H16N4O2S2. The fourth-order valence-electron chi connectivity index (χ4n) is 1.74. The van der Waals surface area contributed by atoms with E-state index in [2.05, 4.69) is 15.0 Å². The summed E-state index contributed by atoms with van der Waals surface area (Å²) < 4.78 is 28.8. The standard InChI is InChI=1S/C11H16N4O2S2/c1-3-15-8-10(6-9(15)7-12-2)19(16,17)14-11-13-4-5-18-11/h4-6,8,12H,3,7H2,1-2H3,(H,13,14). The van der Waals surface area contributed by atoms with E-state index in [0.717, 1.165) is 12.2 Å². The highest BCUT2D eigenvalue weighted by atomic mass is 32.2. The highest BCUT2D eigenvalue weighted by Gasteiger charge is 2.18. The number of nitrogens with zero attached hydrogens (tertiary/aromatic N) is 2. The lowest BCUT2D eigenvalue weighted by molar-refractivity contribution is 0.600. The quantitative estimate of drug-likeness (QED) is 0.847. The van der Waals surface area contributed by atoms with Crippen molar-refractivity contribution < 1.29 is 8.42 Å². The first-order chi connectivity index (χ1) is 9.06. The van der Waals surface area contributed by atoms with Crippen LogP contribution in [0.4, 0.5) is 5.13 Å². The Kier molecular flexibility index (Phi) is 4.23. The molecule has 0 saturated carbocycles. The summed E-state index contributed by atoms with van der Waals surface area (Å²) in [5.41, 5.74) is 0.935. The number of hydrogen-bond acceptors (Lipinski definition) is 5. The molecule has 0 radical (unpaired) electrons. The molecule has 104 valence electrons. The van der Waals surface area contributed by atoms with Crippen molar-refractivity contribution >= 4 is 26.5 Å². The van der Waals surface area contributed by atoms with Crippen molar-refractivity contribution in [2.24, 2.45) is 0 Å². The van der Waals surface area contributed by atoms with Gasteiger partial charge >= 0.3 is 0 Å². The number of hydrogen-bond donors (Lipinski definition) is 2. The van der Waals surface area contributed by atoms with Crippen LogP contribution in [0.3, 0.4) is 0 Å². The van der Waals surface area contributed by atoms with Crippen molar-refractivity contribution in [1.82, 2.24) is 14.9 Å². The van der Waals surface area contributed by atoms with E-state index in [4.69, 9.17) is 0 Å². The monoisotopic (exact) mass is 300 g/mol. The van der Waals surface area contributed by atoms with Crippen molar-refractivity contribution in [2.45, 2.75) is 24.9 Å². The average Bonchev–Trinajstić information content (AvgIpc) is 2.98. The molecular weight excluding hydrogens is 284 g/mol. The van der Waals surface area contributed by atoms with Crippen LogP contribution in [0.15, 0.2) is 28.7 Å². The van der Waals surface area contributed by atoms with Crippen molar-refractivity contribution in [3.63, 3.8) is 0 Å². The van der Waals surface area contributed by atoms with Gasteiger partial charge in [-0.05, 0) is 20.0 Å². The number of thiazole rings is 1. The molecule has 0 unspecified atom stereocenters. The van der Waals surface area contributed by atoms with Crippen molar-refractivity contribution in [1.29, 1.82) is 0 Å². The van der Waals surface area contributed by atoms with Gasteiger partial charge in [-0.3, -0.25) is 4.72 Å². The van der Waals surface area contributed by atoms with Gasteiger partial charge in [-0.2, -0.15) is 0 Å². The zero-order chi connectivity index (χ0) is 13.9. The Morgan fingerprint density at radius 3 is 2.84 bits per heavy atom. The zero-order valence-electron chi connectivity index (χ0n) is 10.8. The molecule has 0 bridgehead atoms. The SMILES string of the molecule is CCn1cc(S(=O)(=O)Nc2nccs2)cc1CNC. The molecule has 2 rings (SSSR count). The van der Waals surface area contributed by atoms with Crippen LogP contribution >= 0.6 is 11.3 Å². The topological polar surface area (TPSA) is 76.0 Å². The lowest BCUT2D eigenvalue weighted by Gasteiger charge is -2.03. The summed E-state index contributed by atoms with van der Waals surface area (Å²) in [5.74, 6) is 0. The fourth-order valence-corrected chi connectivity index (χ4v) is 3.60. The van der Waals surface area contributed by atoms with Crippen LogP contribution in [0.2, 0.25) is 0 Å². The van der Waals surface area contributed by atoms with E-state index < -0.39 is 10.0 Å². The molecule has 0 atom stereocenters. The Balaban J connectivity index is 2.30. The van der Waals surface area contributed by atoms with E-state index >= 15 is 0 Å². The van der Waals surface area contributed by atoms with Crippen LogP contribution in [0.25, 0.3) is 0 Å². The van der Waals surface area contributed by atoms with E-state index in [-0.39, 0.29) is 4.90 Å². The van der Waals surface area contributed by atoms with Crippen LogP contribution in [0.5, 0.6) is 0 Å². The fraction of sp³-hybridized carbons (Fsp3) is 0.364. The molecule has 6 nitrogen and oxygen atoms in total. The van der Waals surface area contributed by atoms with Crippen molar-refractivity contribution in [3.05, 3.63) is 29.5 Å². The molecule has 2 heterocycles. The number of aryl methyl sites for hydroxylation is 1. The molecule has 0 aliphatic rings. The molecule has 0 fully saturated rings. The summed E-state index contributed by atoms with van der Waals surface area (Å²) >= 11 is 1.25. The number of nitrogens with one attached hydrogen (secondary N) is 2. The molecule has 19 heavy (non-hydrogen) atoms. The highest BCUT2D eigenvalue weighted by Crippen LogP contribution is 2.20. The third kappa shape index (κ3) is 3.14. The third-order valence-electron chi connectivity index (χ3n) is 2.62. The summed E-state index contributed by atoms with van der Waals surface area (Å²) in [5, 5.41) is 5.12. The molecule has 8 heteroatoms. The van der Waals surface area contributed by atoms with Gasteiger partial charge in [0.2, 0.25) is 0 Å². The van der Waals surface area contributed by atoms with Crippen molar-refractivity contribution in [3.8, 4) is 0 Å². The number of aromatic nitrogens is 2. The molecule has 0 amide bonds. The Morgan fingerprint density at radius 1 is 1.47 bits per heavy atom. The maximum Gasteiger partial charge on any atom is 0.265 e. The zero-order valence-corrected chi connectivity index (χ0v) is 12.4. The van der Waals surface area contributed by atoms with E-state index in [1.54, 1.807) is 23.8 Å². The maximum atomic E-state index is 12.2. The lowest BCUT2D eigenvalue weighted by atomic mass is 10.4. The molecule has 0 aliphatic carbocycles. The van der Waals surface area contributed by atoms with E-state index in [1.807, 2.05) is 18.5 Å². The normalized spacial score (nSPS) is 11.7. The van der Waals surface area contributed by atoms with Crippen molar-refractivity contribution in [2.75, 3.05) is 11.8 Å². The molecule has 2 N–H and O–H groups in total. The van der Waals surface area contributed by atoms with Gasteiger partial charge in [-0.1, -0.05) is 0 Å². The Labute approximate surface area is 116 Å². The van der Waals surface area contributed by atoms with Gasteiger partial charge in [0.25, 0.3) is 10.0 Å². The molecule has 2 aromatic heterocycles. The van der Waals surface area contributed by atoms with Crippen LogP contribution in [-0.2, 0) is 23.1 Å². The molecule has 0 aromatic carbocycles. The summed E-state index contributed by atoms with van der Waals surface area (Å²) in [7, 11) is -1.74. The molecule has 0 saturated heterocycles. The first-order valence-corrected chi connectivity index (χ1v) is 8.19. The third-order valence-corrected chi connectivity index (χ3v) is 4.75. The first kappa shape index (κ1) is 14.0. The van der Waals surface area contributed by atoms with Crippen LogP contribution in [-0.4, -0.2) is 25.0 Å². The number of sulfonamides is 1. The van der Waals surface area contributed by atoms with Gasteiger partial charge in [0.15, 0.2) is 5.13 Å². The molecule has 0 aliphatic heterocycles. The maximum absolute atomic E-state index is 12.2. The van der Waals surface area contributed by atoms with Crippen LogP contribution in [0, 0.1) is 0 Å². The Morgan fingerprint density at radius 2 is 2.26 bits per heavy atom. The Bertz CT molecular complexity index is 632. The predicted molar refractivity (Wildman–Crippen MR) is 75.8 cm³/mol. The summed E-state index contributed by atoms with van der Waals surface area (Å²) in [6, 6.07) is 1.68. The van der Waals surface area contributed by atoms with E-state index in [1.165, 1.54) is 11.3 Å². The largest absolute Gasteiger partial charge is 0.349 e. The minimum absolute atomic E-state index is 0.259. The highest BCUT2D eigenvalue weighted by molar-refractivity contribution is 7.93. The second-order valence-corrected chi connectivity index (χ2v) is 6.50. The minimum atomic E-state index is -3.56. The predicted octanol–water partition coefficient (Wildman–Crippen LogP) is 1.48. The van der Waals surface area contributed by atoms with Gasteiger partial charge in [0.1, 0.15) is 4.90 Å². The van der Waals surface area contributed by atoms with Gasteiger partial charge in [-0.15, -0.1) is 11.3 Å². The smallest absolute Gasteiger partial charge is 0.265 e. The second kappa shape index (κ2) is 5.72. The Hall–Kier alpha value is -1.38. The summed E-state index contributed by atoms with van der Waals surface area (Å²) in [6.07, 6.45) is 3.20. The summed E-state index contributed by atoms with van der Waals surface area (Å²) in [6.45, 7) is 3.33. The van der Waals surface area contributed by atoms with Gasteiger partial charge in [0.05, 0.1) is 0 Å². The van der Waals surface area contributed by atoms with Gasteiger partial charge < -0.3 is 9.88 Å². The van der Waals surface area contributed by atoms with E-state index in [0.29, 0.717) is 11.7 Å². The van der Waals surface area contributed by atoms with Gasteiger partial charge in [-0.25, -0.2) is 13.4 Å². The first-order valence-electron chi connectivity index (χ1n) is 5.82. The van der Waals surface area contributed by atoms with Gasteiger partial charge in [0, 0.05) is 36.6 Å². The van der Waals surface area contributed by atoms with Crippen LogP contribution < -0.4 is 10.0 Å². The molecule has 0 spiro atoms. The molecule has 2 aromatic rings. The number of rotatable bonds is 6. The van der Waals surface area contributed by atoms with E-state index in [9.17, 15) is 8.42 Å². The minimum Gasteiger partial charge on any atom is -0.349 e. The number of anilines is 1.